The second-order valence-corrected chi connectivity index (χ2v) is 4.78. The maximum absolute atomic E-state index is 11.8. The van der Waals surface area contributed by atoms with E-state index in [4.69, 9.17) is 0 Å². The fraction of sp³-hybridized carbons (Fsp3) is 0.909. The lowest BCUT2D eigenvalue weighted by atomic mass is 10.2. The second kappa shape index (κ2) is 3.54. The van der Waals surface area contributed by atoms with Crippen LogP contribution in [0.25, 0.3) is 0 Å². The number of nitrogens with zero attached hydrogens (tertiary/aromatic N) is 1. The van der Waals surface area contributed by atoms with E-state index in [9.17, 15) is 4.79 Å². The first kappa shape index (κ1) is 9.97. The zero-order valence-electron chi connectivity index (χ0n) is 9.29. The Balaban J connectivity index is 1.96. The lowest BCUT2D eigenvalue weighted by Gasteiger charge is -2.23. The third-order valence-corrected chi connectivity index (χ3v) is 3.57. The Morgan fingerprint density at radius 3 is 2.64 bits per heavy atom. The molecule has 0 aromatic carbocycles. The molecular weight excluding hydrogens is 176 g/mol. The van der Waals surface area contributed by atoms with Crippen molar-refractivity contribution >= 4 is 5.91 Å². The molecule has 2 aliphatic rings. The first-order valence-corrected chi connectivity index (χ1v) is 5.70. The zero-order valence-corrected chi connectivity index (χ0v) is 9.29. The number of rotatable bonds is 3. The number of nitrogens with one attached hydrogen (secondary N) is 1. The average Bonchev–Trinajstić information content (AvgIpc) is 2.78. The van der Waals surface area contributed by atoms with E-state index in [0.717, 1.165) is 24.8 Å². The summed E-state index contributed by atoms with van der Waals surface area (Å²) in [5.41, 5.74) is 0. The molecule has 3 nitrogen and oxygen atoms in total. The van der Waals surface area contributed by atoms with E-state index in [0.29, 0.717) is 0 Å². The maximum atomic E-state index is 11.8. The van der Waals surface area contributed by atoms with Gasteiger partial charge in [-0.05, 0) is 31.6 Å². The standard InChI is InChI=1S/C11H20N2O/c1-4-10-12-8(3)11(14)13(10)6-9-5-7(9)2/h7-10,12H,4-6H2,1-3H3. The highest BCUT2D eigenvalue weighted by Gasteiger charge is 2.41. The summed E-state index contributed by atoms with van der Waals surface area (Å²) >= 11 is 0. The van der Waals surface area contributed by atoms with Gasteiger partial charge in [-0.15, -0.1) is 0 Å². The summed E-state index contributed by atoms with van der Waals surface area (Å²) < 4.78 is 0. The highest BCUT2D eigenvalue weighted by Crippen LogP contribution is 2.39. The summed E-state index contributed by atoms with van der Waals surface area (Å²) in [6, 6.07) is 0.0222. The van der Waals surface area contributed by atoms with Gasteiger partial charge < -0.3 is 4.90 Å². The predicted molar refractivity (Wildman–Crippen MR) is 55.7 cm³/mol. The van der Waals surface area contributed by atoms with Crippen LogP contribution in [0.3, 0.4) is 0 Å². The molecule has 1 N–H and O–H groups in total. The molecule has 1 saturated heterocycles. The van der Waals surface area contributed by atoms with Crippen molar-refractivity contribution in [3.63, 3.8) is 0 Å². The number of carbonyl (C=O) groups excluding carboxylic acids is 1. The fourth-order valence-corrected chi connectivity index (χ4v) is 2.31. The minimum Gasteiger partial charge on any atom is -0.326 e. The number of hydrogen-bond acceptors (Lipinski definition) is 2. The van der Waals surface area contributed by atoms with E-state index in [1.807, 2.05) is 11.8 Å². The van der Waals surface area contributed by atoms with Gasteiger partial charge in [0.2, 0.25) is 5.91 Å². The van der Waals surface area contributed by atoms with Crippen molar-refractivity contribution < 1.29 is 4.79 Å². The van der Waals surface area contributed by atoms with Crippen molar-refractivity contribution in [3.8, 4) is 0 Å². The van der Waals surface area contributed by atoms with E-state index in [1.54, 1.807) is 0 Å². The molecule has 1 saturated carbocycles. The van der Waals surface area contributed by atoms with Gasteiger partial charge in [-0.25, -0.2) is 0 Å². The Labute approximate surface area is 85.8 Å². The Morgan fingerprint density at radius 1 is 1.50 bits per heavy atom. The zero-order chi connectivity index (χ0) is 10.3. The molecule has 1 heterocycles. The fourth-order valence-electron chi connectivity index (χ4n) is 2.31. The minimum atomic E-state index is 0.0222. The Morgan fingerprint density at radius 2 is 2.14 bits per heavy atom. The van der Waals surface area contributed by atoms with Crippen molar-refractivity contribution in [2.45, 2.75) is 45.8 Å². The molecule has 80 valence electrons. The topological polar surface area (TPSA) is 32.3 Å². The van der Waals surface area contributed by atoms with Crippen LogP contribution in [0.5, 0.6) is 0 Å². The van der Waals surface area contributed by atoms with Crippen molar-refractivity contribution in [3.05, 3.63) is 0 Å². The lowest BCUT2D eigenvalue weighted by Crippen LogP contribution is -2.38. The van der Waals surface area contributed by atoms with Gasteiger partial charge in [0.15, 0.2) is 0 Å². The van der Waals surface area contributed by atoms with Gasteiger partial charge in [0, 0.05) is 6.54 Å². The highest BCUT2D eigenvalue weighted by molar-refractivity contribution is 5.83. The van der Waals surface area contributed by atoms with Gasteiger partial charge in [-0.1, -0.05) is 13.8 Å². The largest absolute Gasteiger partial charge is 0.326 e. The van der Waals surface area contributed by atoms with Gasteiger partial charge in [0.25, 0.3) is 0 Å². The van der Waals surface area contributed by atoms with E-state index in [2.05, 4.69) is 19.2 Å². The SMILES string of the molecule is CCC1NC(C)C(=O)N1CC1CC1C. The molecule has 14 heavy (non-hydrogen) atoms. The number of carbonyl (C=O) groups is 1. The summed E-state index contributed by atoms with van der Waals surface area (Å²) in [4.78, 5) is 13.8. The van der Waals surface area contributed by atoms with E-state index in [-0.39, 0.29) is 18.1 Å². The van der Waals surface area contributed by atoms with Crippen LogP contribution in [-0.2, 0) is 4.79 Å². The molecule has 0 bridgehead atoms. The van der Waals surface area contributed by atoms with Crippen LogP contribution >= 0.6 is 0 Å². The van der Waals surface area contributed by atoms with Crippen LogP contribution in [0.4, 0.5) is 0 Å². The summed E-state index contributed by atoms with van der Waals surface area (Å²) in [6.07, 6.45) is 2.59. The van der Waals surface area contributed by atoms with Gasteiger partial charge in [-0.2, -0.15) is 0 Å². The molecule has 4 unspecified atom stereocenters. The highest BCUT2D eigenvalue weighted by atomic mass is 16.2. The predicted octanol–water partition coefficient (Wildman–Crippen LogP) is 1.20. The first-order valence-electron chi connectivity index (χ1n) is 5.70. The Bertz CT molecular complexity index is 241. The van der Waals surface area contributed by atoms with Crippen molar-refractivity contribution in [1.82, 2.24) is 10.2 Å². The van der Waals surface area contributed by atoms with Crippen LogP contribution < -0.4 is 5.32 Å². The molecule has 2 fully saturated rings. The van der Waals surface area contributed by atoms with Gasteiger partial charge in [0.05, 0.1) is 12.2 Å². The van der Waals surface area contributed by atoms with Gasteiger partial charge in [0.1, 0.15) is 0 Å². The smallest absolute Gasteiger partial charge is 0.240 e. The normalized spacial score (nSPS) is 41.9. The summed E-state index contributed by atoms with van der Waals surface area (Å²) in [5, 5.41) is 3.33. The maximum Gasteiger partial charge on any atom is 0.240 e. The van der Waals surface area contributed by atoms with Crippen LogP contribution in [0.15, 0.2) is 0 Å². The van der Waals surface area contributed by atoms with Gasteiger partial charge in [-0.3, -0.25) is 10.1 Å². The Hall–Kier alpha value is -0.570. The van der Waals surface area contributed by atoms with E-state index in [1.165, 1.54) is 6.42 Å². The molecule has 1 aliphatic heterocycles. The quantitative estimate of drug-likeness (QED) is 0.735. The minimum absolute atomic E-state index is 0.0222. The van der Waals surface area contributed by atoms with Crippen molar-refractivity contribution in [2.24, 2.45) is 11.8 Å². The van der Waals surface area contributed by atoms with Gasteiger partial charge >= 0.3 is 0 Å². The molecule has 1 amide bonds. The molecule has 2 rings (SSSR count). The summed E-state index contributed by atoms with van der Waals surface area (Å²) in [7, 11) is 0. The molecule has 0 spiro atoms. The summed E-state index contributed by atoms with van der Waals surface area (Å²) in [6.45, 7) is 7.33. The van der Waals surface area contributed by atoms with E-state index >= 15 is 0 Å². The molecule has 1 aliphatic carbocycles. The lowest BCUT2D eigenvalue weighted by molar-refractivity contribution is -0.130. The summed E-state index contributed by atoms with van der Waals surface area (Å²) in [5.74, 6) is 1.88. The molecule has 4 atom stereocenters. The second-order valence-electron chi connectivity index (χ2n) is 4.78. The first-order chi connectivity index (χ1) is 6.63. The molecular formula is C11H20N2O. The molecule has 0 radical (unpaired) electrons. The molecule has 3 heteroatoms. The average molecular weight is 196 g/mol. The van der Waals surface area contributed by atoms with Crippen LogP contribution in [0.1, 0.15) is 33.6 Å². The monoisotopic (exact) mass is 196 g/mol. The van der Waals surface area contributed by atoms with Crippen molar-refractivity contribution in [1.29, 1.82) is 0 Å². The van der Waals surface area contributed by atoms with Crippen LogP contribution in [0.2, 0.25) is 0 Å². The third kappa shape index (κ3) is 1.65. The van der Waals surface area contributed by atoms with E-state index < -0.39 is 0 Å². The third-order valence-electron chi connectivity index (χ3n) is 3.57. The Kier molecular flexibility index (Phi) is 2.52. The van der Waals surface area contributed by atoms with Crippen LogP contribution in [0, 0.1) is 11.8 Å². The van der Waals surface area contributed by atoms with Crippen molar-refractivity contribution in [2.75, 3.05) is 6.54 Å². The molecule has 0 aromatic heterocycles. The number of amides is 1. The molecule has 0 aromatic rings. The van der Waals surface area contributed by atoms with Crippen LogP contribution in [-0.4, -0.2) is 29.6 Å². The number of hydrogen-bond donors (Lipinski definition) is 1.